The molecule has 1 heterocycles. The van der Waals surface area contributed by atoms with E-state index in [0.717, 1.165) is 0 Å². The highest BCUT2D eigenvalue weighted by Crippen LogP contribution is 2.23. The molecule has 0 aliphatic carbocycles. The van der Waals surface area contributed by atoms with Gasteiger partial charge in [-0.2, -0.15) is 0 Å². The zero-order valence-electron chi connectivity index (χ0n) is 11.2. The topological polar surface area (TPSA) is 103 Å². The van der Waals surface area contributed by atoms with Crippen LogP contribution < -0.4 is 5.32 Å². The highest BCUT2D eigenvalue weighted by molar-refractivity contribution is 7.99. The molecule has 0 spiro atoms. The third kappa shape index (κ3) is 4.02. The van der Waals surface area contributed by atoms with E-state index in [1.807, 2.05) is 7.05 Å². The smallest absolute Gasteiger partial charge is 0.292 e. The number of amides is 1. The van der Waals surface area contributed by atoms with Crippen molar-refractivity contribution in [3.8, 4) is 0 Å². The van der Waals surface area contributed by atoms with Gasteiger partial charge in [0.05, 0.1) is 4.92 Å². The molecule has 0 saturated heterocycles. The van der Waals surface area contributed by atoms with E-state index in [1.54, 1.807) is 23.0 Å². The van der Waals surface area contributed by atoms with Crippen LogP contribution in [0.2, 0.25) is 0 Å². The number of nitro groups is 1. The molecule has 21 heavy (non-hydrogen) atoms. The van der Waals surface area contributed by atoms with Gasteiger partial charge in [-0.15, -0.1) is 10.2 Å². The predicted molar refractivity (Wildman–Crippen MR) is 78.1 cm³/mol. The van der Waals surface area contributed by atoms with Crippen molar-refractivity contribution in [2.45, 2.75) is 11.6 Å². The van der Waals surface area contributed by atoms with Gasteiger partial charge in [-0.05, 0) is 6.07 Å². The van der Waals surface area contributed by atoms with E-state index in [4.69, 9.17) is 0 Å². The number of anilines is 1. The van der Waals surface area contributed by atoms with Gasteiger partial charge >= 0.3 is 0 Å². The van der Waals surface area contributed by atoms with Crippen molar-refractivity contribution in [1.82, 2.24) is 14.8 Å². The summed E-state index contributed by atoms with van der Waals surface area (Å²) in [6.45, 7) is 0. The van der Waals surface area contributed by atoms with Crippen molar-refractivity contribution < 1.29 is 9.72 Å². The maximum atomic E-state index is 11.8. The van der Waals surface area contributed by atoms with E-state index in [2.05, 4.69) is 15.5 Å². The second-order valence-electron chi connectivity index (χ2n) is 4.15. The Morgan fingerprint density at radius 2 is 2.24 bits per heavy atom. The number of hydrogen-bond acceptors (Lipinski definition) is 6. The number of hydrogen-bond donors (Lipinski definition) is 1. The molecule has 110 valence electrons. The first-order valence-corrected chi connectivity index (χ1v) is 7.06. The van der Waals surface area contributed by atoms with E-state index in [9.17, 15) is 14.9 Å². The van der Waals surface area contributed by atoms with Gasteiger partial charge in [0.25, 0.3) is 5.69 Å². The minimum absolute atomic E-state index is 0.119. The molecule has 2 rings (SSSR count). The molecule has 8 nitrogen and oxygen atoms in total. The lowest BCUT2D eigenvalue weighted by molar-refractivity contribution is -0.383. The normalized spacial score (nSPS) is 10.3. The summed E-state index contributed by atoms with van der Waals surface area (Å²) in [6.07, 6.45) is 1.80. The van der Waals surface area contributed by atoms with E-state index in [0.29, 0.717) is 10.9 Å². The Labute approximate surface area is 124 Å². The monoisotopic (exact) mass is 307 g/mol. The average molecular weight is 307 g/mol. The first-order chi connectivity index (χ1) is 10.1. The molecule has 1 aromatic carbocycles. The molecule has 0 aliphatic rings. The number of nitrogens with zero attached hydrogens (tertiary/aromatic N) is 4. The molecular weight excluding hydrogens is 294 g/mol. The third-order valence-corrected chi connectivity index (χ3v) is 3.64. The Hall–Kier alpha value is -2.42. The number of nitro benzene ring substituents is 1. The van der Waals surface area contributed by atoms with Crippen molar-refractivity contribution in [3.63, 3.8) is 0 Å². The van der Waals surface area contributed by atoms with Crippen LogP contribution in [0.3, 0.4) is 0 Å². The zero-order valence-corrected chi connectivity index (χ0v) is 12.0. The van der Waals surface area contributed by atoms with Gasteiger partial charge in [0, 0.05) is 25.3 Å². The summed E-state index contributed by atoms with van der Waals surface area (Å²) in [5, 5.41) is 21.7. The number of aryl methyl sites for hydroxylation is 1. The van der Waals surface area contributed by atoms with Crippen LogP contribution >= 0.6 is 11.8 Å². The first-order valence-electron chi connectivity index (χ1n) is 6.08. The molecule has 0 fully saturated rings. The molecule has 0 atom stereocenters. The Morgan fingerprint density at radius 1 is 1.48 bits per heavy atom. The lowest BCUT2D eigenvalue weighted by atomic mass is 10.2. The maximum absolute atomic E-state index is 11.8. The van der Waals surface area contributed by atoms with Crippen LogP contribution in [0.15, 0.2) is 35.7 Å². The van der Waals surface area contributed by atoms with Crippen LogP contribution in [0.25, 0.3) is 0 Å². The fourth-order valence-electron chi connectivity index (χ4n) is 1.59. The van der Waals surface area contributed by atoms with Crippen LogP contribution in [0.1, 0.15) is 6.42 Å². The largest absolute Gasteiger partial charge is 0.320 e. The summed E-state index contributed by atoms with van der Waals surface area (Å²) in [6, 6.07) is 6.05. The number of benzene rings is 1. The van der Waals surface area contributed by atoms with Crippen LogP contribution in [-0.2, 0) is 11.8 Å². The number of carbonyl (C=O) groups is 1. The van der Waals surface area contributed by atoms with E-state index in [1.165, 1.54) is 23.9 Å². The highest BCUT2D eigenvalue weighted by atomic mass is 32.2. The predicted octanol–water partition coefficient (Wildman–Crippen LogP) is 1.84. The fraction of sp³-hybridized carbons (Fsp3) is 0.250. The van der Waals surface area contributed by atoms with E-state index < -0.39 is 4.92 Å². The second kappa shape index (κ2) is 6.84. The summed E-state index contributed by atoms with van der Waals surface area (Å²) in [5.41, 5.74) is 0.0861. The van der Waals surface area contributed by atoms with Crippen molar-refractivity contribution in [2.24, 2.45) is 7.05 Å². The number of para-hydroxylation sites is 2. The summed E-state index contributed by atoms with van der Waals surface area (Å²) < 4.78 is 1.75. The Balaban J connectivity index is 1.88. The maximum Gasteiger partial charge on any atom is 0.292 e. The second-order valence-corrected chi connectivity index (χ2v) is 5.21. The van der Waals surface area contributed by atoms with Crippen molar-refractivity contribution in [2.75, 3.05) is 11.1 Å². The molecule has 1 N–H and O–H groups in total. The van der Waals surface area contributed by atoms with Crippen molar-refractivity contribution >= 4 is 29.0 Å². The lowest BCUT2D eigenvalue weighted by Crippen LogP contribution is -2.13. The fourth-order valence-corrected chi connectivity index (χ4v) is 2.42. The number of aromatic nitrogens is 3. The van der Waals surface area contributed by atoms with Gasteiger partial charge in [0.2, 0.25) is 5.91 Å². The van der Waals surface area contributed by atoms with Crippen LogP contribution in [0.5, 0.6) is 0 Å². The Morgan fingerprint density at radius 3 is 2.90 bits per heavy atom. The molecule has 0 saturated carbocycles. The molecule has 1 amide bonds. The lowest BCUT2D eigenvalue weighted by Gasteiger charge is -2.05. The average Bonchev–Trinajstić information content (AvgIpc) is 2.85. The Kier molecular flexibility index (Phi) is 4.88. The van der Waals surface area contributed by atoms with Gasteiger partial charge in [-0.1, -0.05) is 23.9 Å². The molecule has 0 unspecified atom stereocenters. The quantitative estimate of drug-likeness (QED) is 0.496. The summed E-state index contributed by atoms with van der Waals surface area (Å²) in [7, 11) is 1.82. The molecule has 2 aromatic rings. The van der Waals surface area contributed by atoms with Crippen molar-refractivity contribution in [1.29, 1.82) is 0 Å². The van der Waals surface area contributed by atoms with E-state index >= 15 is 0 Å². The molecule has 0 bridgehead atoms. The van der Waals surface area contributed by atoms with E-state index in [-0.39, 0.29) is 23.7 Å². The minimum Gasteiger partial charge on any atom is -0.320 e. The molecule has 1 aromatic heterocycles. The number of carbonyl (C=O) groups excluding carboxylic acids is 1. The molecular formula is C12H13N5O3S. The minimum atomic E-state index is -0.524. The highest BCUT2D eigenvalue weighted by Gasteiger charge is 2.14. The summed E-state index contributed by atoms with van der Waals surface area (Å²) in [5.74, 6) is 0.234. The van der Waals surface area contributed by atoms with Crippen LogP contribution in [0, 0.1) is 10.1 Å². The van der Waals surface area contributed by atoms with Gasteiger partial charge in [0.1, 0.15) is 12.0 Å². The SMILES string of the molecule is Cn1cnnc1SCCC(=O)Nc1ccccc1[N+](=O)[O-]. The van der Waals surface area contributed by atoms with Crippen molar-refractivity contribution in [3.05, 3.63) is 40.7 Å². The summed E-state index contributed by atoms with van der Waals surface area (Å²) >= 11 is 1.40. The standard InChI is InChI=1S/C12H13N5O3S/c1-16-8-13-15-12(16)21-7-6-11(18)14-9-4-2-3-5-10(9)17(19)20/h2-5,8H,6-7H2,1H3,(H,14,18). The molecule has 9 heteroatoms. The summed E-state index contributed by atoms with van der Waals surface area (Å²) in [4.78, 5) is 22.1. The number of nitrogens with one attached hydrogen (secondary N) is 1. The zero-order chi connectivity index (χ0) is 15.2. The first kappa shape index (κ1) is 15.0. The molecule has 0 radical (unpaired) electrons. The van der Waals surface area contributed by atoms with Gasteiger partial charge in [-0.3, -0.25) is 14.9 Å². The third-order valence-electron chi connectivity index (χ3n) is 2.60. The Bertz CT molecular complexity index is 658. The van der Waals surface area contributed by atoms with Gasteiger partial charge < -0.3 is 9.88 Å². The van der Waals surface area contributed by atoms with Crippen LogP contribution in [-0.4, -0.2) is 31.3 Å². The van der Waals surface area contributed by atoms with Gasteiger partial charge in [0.15, 0.2) is 5.16 Å². The van der Waals surface area contributed by atoms with Crippen LogP contribution in [0.4, 0.5) is 11.4 Å². The number of thioether (sulfide) groups is 1. The molecule has 0 aliphatic heterocycles. The number of rotatable bonds is 6. The van der Waals surface area contributed by atoms with Gasteiger partial charge in [-0.25, -0.2) is 0 Å².